The van der Waals surface area contributed by atoms with Gasteiger partial charge in [0.15, 0.2) is 0 Å². The summed E-state index contributed by atoms with van der Waals surface area (Å²) < 4.78 is 5.61. The predicted molar refractivity (Wildman–Crippen MR) is 74.1 cm³/mol. The van der Waals surface area contributed by atoms with E-state index in [0.717, 1.165) is 45.3 Å². The fraction of sp³-hybridized carbons (Fsp3) is 0.923. The molecule has 2 fully saturated rings. The molecule has 1 amide bonds. The Morgan fingerprint density at radius 1 is 1.56 bits per heavy atom. The molecule has 5 heteroatoms. The Balaban J connectivity index is 0.00000162. The van der Waals surface area contributed by atoms with Crippen LogP contribution in [0.3, 0.4) is 0 Å². The van der Waals surface area contributed by atoms with Crippen LogP contribution in [0.5, 0.6) is 0 Å². The fourth-order valence-electron chi connectivity index (χ4n) is 2.90. The standard InChI is InChI=1S/C13H24N2O2.ClH/c1-3-13(7-5-8-14-13)12(16)15-10(2)11-6-4-9-17-11;/h10-11,14H,3-9H2,1-2H3,(H,15,16);1H. The molecule has 2 aliphatic heterocycles. The van der Waals surface area contributed by atoms with Gasteiger partial charge in [0.25, 0.3) is 0 Å². The molecule has 0 spiro atoms. The zero-order chi connectivity index (χ0) is 12.3. The number of ether oxygens (including phenoxy) is 1. The third-order valence-corrected chi connectivity index (χ3v) is 4.16. The highest BCUT2D eigenvalue weighted by molar-refractivity contribution is 5.87. The minimum atomic E-state index is -0.327. The Kier molecular flexibility index (Phi) is 5.89. The highest BCUT2D eigenvalue weighted by atomic mass is 35.5. The molecule has 18 heavy (non-hydrogen) atoms. The topological polar surface area (TPSA) is 50.4 Å². The van der Waals surface area contributed by atoms with Gasteiger partial charge in [0.2, 0.25) is 5.91 Å². The second kappa shape index (κ2) is 6.73. The van der Waals surface area contributed by atoms with Gasteiger partial charge in [-0.1, -0.05) is 6.92 Å². The molecule has 0 bridgehead atoms. The zero-order valence-corrected chi connectivity index (χ0v) is 12.1. The van der Waals surface area contributed by atoms with Crippen molar-refractivity contribution in [1.29, 1.82) is 0 Å². The number of amides is 1. The van der Waals surface area contributed by atoms with Crippen LogP contribution in [0, 0.1) is 0 Å². The number of carbonyl (C=O) groups excluding carboxylic acids is 1. The number of hydrogen-bond acceptors (Lipinski definition) is 3. The number of carbonyl (C=O) groups is 1. The minimum absolute atomic E-state index is 0. The molecule has 0 radical (unpaired) electrons. The van der Waals surface area contributed by atoms with Crippen molar-refractivity contribution in [2.45, 2.75) is 63.6 Å². The summed E-state index contributed by atoms with van der Waals surface area (Å²) in [5, 5.41) is 6.49. The van der Waals surface area contributed by atoms with Crippen LogP contribution in [0.1, 0.15) is 46.0 Å². The van der Waals surface area contributed by atoms with Crippen molar-refractivity contribution in [2.75, 3.05) is 13.2 Å². The van der Waals surface area contributed by atoms with Crippen LogP contribution in [0.2, 0.25) is 0 Å². The molecule has 0 aromatic heterocycles. The van der Waals surface area contributed by atoms with Crippen molar-refractivity contribution in [2.24, 2.45) is 0 Å². The average molecular weight is 277 g/mol. The summed E-state index contributed by atoms with van der Waals surface area (Å²) in [6, 6.07) is 0.121. The first-order valence-electron chi connectivity index (χ1n) is 6.85. The first-order chi connectivity index (χ1) is 8.18. The first-order valence-corrected chi connectivity index (χ1v) is 6.85. The van der Waals surface area contributed by atoms with Gasteiger partial charge in [-0.25, -0.2) is 0 Å². The van der Waals surface area contributed by atoms with Crippen LogP contribution in [0.4, 0.5) is 0 Å². The van der Waals surface area contributed by atoms with Crippen LogP contribution >= 0.6 is 12.4 Å². The van der Waals surface area contributed by atoms with E-state index in [2.05, 4.69) is 17.6 Å². The summed E-state index contributed by atoms with van der Waals surface area (Å²) >= 11 is 0. The van der Waals surface area contributed by atoms with E-state index in [4.69, 9.17) is 4.74 Å². The molecule has 3 unspecified atom stereocenters. The summed E-state index contributed by atoms with van der Waals surface area (Å²) in [6.07, 6.45) is 5.28. The monoisotopic (exact) mass is 276 g/mol. The number of rotatable bonds is 4. The Bertz CT molecular complexity index is 274. The lowest BCUT2D eigenvalue weighted by molar-refractivity contribution is -0.128. The van der Waals surface area contributed by atoms with Crippen LogP contribution in [0.25, 0.3) is 0 Å². The molecule has 0 saturated carbocycles. The zero-order valence-electron chi connectivity index (χ0n) is 11.3. The number of halogens is 1. The van der Waals surface area contributed by atoms with Crippen molar-refractivity contribution in [3.05, 3.63) is 0 Å². The maximum atomic E-state index is 12.3. The van der Waals surface area contributed by atoms with Crippen molar-refractivity contribution >= 4 is 18.3 Å². The van der Waals surface area contributed by atoms with Gasteiger partial charge in [-0.3, -0.25) is 4.79 Å². The molecule has 0 aromatic carbocycles. The normalized spacial score (nSPS) is 32.9. The lowest BCUT2D eigenvalue weighted by atomic mass is 9.92. The summed E-state index contributed by atoms with van der Waals surface area (Å²) in [5.74, 6) is 0.153. The molecule has 106 valence electrons. The van der Waals surface area contributed by atoms with E-state index in [1.165, 1.54) is 0 Å². The molecular weight excluding hydrogens is 252 g/mol. The molecule has 0 aliphatic carbocycles. The summed E-state index contributed by atoms with van der Waals surface area (Å²) in [5.41, 5.74) is -0.327. The average Bonchev–Trinajstić information content (AvgIpc) is 3.01. The quantitative estimate of drug-likeness (QED) is 0.821. The van der Waals surface area contributed by atoms with E-state index >= 15 is 0 Å². The maximum absolute atomic E-state index is 12.3. The molecule has 3 atom stereocenters. The molecular formula is C13H25ClN2O2. The summed E-state index contributed by atoms with van der Waals surface area (Å²) in [7, 11) is 0. The Hall–Kier alpha value is -0.320. The summed E-state index contributed by atoms with van der Waals surface area (Å²) in [6.45, 7) is 5.92. The first kappa shape index (κ1) is 15.7. The lowest BCUT2D eigenvalue weighted by Crippen LogP contribution is -2.56. The van der Waals surface area contributed by atoms with Gasteiger partial charge >= 0.3 is 0 Å². The third kappa shape index (κ3) is 3.16. The maximum Gasteiger partial charge on any atom is 0.240 e. The van der Waals surface area contributed by atoms with Gasteiger partial charge in [-0.05, 0) is 45.6 Å². The Morgan fingerprint density at radius 2 is 2.33 bits per heavy atom. The van der Waals surface area contributed by atoms with Crippen molar-refractivity contribution in [3.63, 3.8) is 0 Å². The Labute approximate surface area is 116 Å². The largest absolute Gasteiger partial charge is 0.376 e. The molecule has 2 saturated heterocycles. The van der Waals surface area contributed by atoms with Crippen LogP contribution in [-0.4, -0.2) is 36.7 Å². The molecule has 2 heterocycles. The van der Waals surface area contributed by atoms with Crippen molar-refractivity contribution < 1.29 is 9.53 Å². The lowest BCUT2D eigenvalue weighted by Gasteiger charge is -2.30. The van der Waals surface area contributed by atoms with Gasteiger partial charge in [0.05, 0.1) is 17.7 Å². The van der Waals surface area contributed by atoms with E-state index < -0.39 is 0 Å². The van der Waals surface area contributed by atoms with Gasteiger partial charge in [0, 0.05) is 6.61 Å². The van der Waals surface area contributed by atoms with Crippen LogP contribution in [-0.2, 0) is 9.53 Å². The minimum Gasteiger partial charge on any atom is -0.376 e. The fourth-order valence-corrected chi connectivity index (χ4v) is 2.90. The van der Waals surface area contributed by atoms with Crippen LogP contribution in [0.15, 0.2) is 0 Å². The summed E-state index contributed by atoms with van der Waals surface area (Å²) in [4.78, 5) is 12.3. The molecule has 0 aromatic rings. The van der Waals surface area contributed by atoms with Crippen molar-refractivity contribution in [1.82, 2.24) is 10.6 Å². The van der Waals surface area contributed by atoms with E-state index in [1.54, 1.807) is 0 Å². The second-order valence-electron chi connectivity index (χ2n) is 5.28. The molecule has 2 aliphatic rings. The van der Waals surface area contributed by atoms with E-state index in [9.17, 15) is 4.79 Å². The van der Waals surface area contributed by atoms with E-state index in [-0.39, 0.29) is 36.0 Å². The molecule has 2 N–H and O–H groups in total. The van der Waals surface area contributed by atoms with Gasteiger partial charge in [-0.15, -0.1) is 12.4 Å². The highest BCUT2D eigenvalue weighted by Gasteiger charge is 2.40. The number of hydrogen-bond donors (Lipinski definition) is 2. The SMILES string of the molecule is CCC1(C(=O)NC(C)C2CCCO2)CCCN1.Cl. The smallest absolute Gasteiger partial charge is 0.240 e. The van der Waals surface area contributed by atoms with Gasteiger partial charge < -0.3 is 15.4 Å². The van der Waals surface area contributed by atoms with Gasteiger partial charge in [-0.2, -0.15) is 0 Å². The Morgan fingerprint density at radius 3 is 2.83 bits per heavy atom. The van der Waals surface area contributed by atoms with Crippen LogP contribution < -0.4 is 10.6 Å². The van der Waals surface area contributed by atoms with E-state index in [1.807, 2.05) is 6.92 Å². The second-order valence-corrected chi connectivity index (χ2v) is 5.28. The van der Waals surface area contributed by atoms with Gasteiger partial charge in [0.1, 0.15) is 0 Å². The van der Waals surface area contributed by atoms with Crippen molar-refractivity contribution in [3.8, 4) is 0 Å². The molecule has 2 rings (SSSR count). The molecule has 4 nitrogen and oxygen atoms in total. The predicted octanol–water partition coefficient (Wildman–Crippen LogP) is 1.62. The number of nitrogens with one attached hydrogen (secondary N) is 2. The third-order valence-electron chi connectivity index (χ3n) is 4.16. The van der Waals surface area contributed by atoms with E-state index in [0.29, 0.717) is 0 Å². The highest BCUT2D eigenvalue weighted by Crippen LogP contribution is 2.24.